The number of rotatable bonds is 2. The van der Waals surface area contributed by atoms with Crippen LogP contribution in [0.5, 0.6) is 0 Å². The molecule has 0 radical (unpaired) electrons. The summed E-state index contributed by atoms with van der Waals surface area (Å²) >= 11 is 0. The van der Waals surface area contributed by atoms with Gasteiger partial charge in [0.15, 0.2) is 5.76 Å². The normalized spacial score (nSPS) is 10.3. The van der Waals surface area contributed by atoms with E-state index in [2.05, 4.69) is 4.98 Å². The highest BCUT2D eigenvalue weighted by Crippen LogP contribution is 2.23. The number of hydrogen-bond donors (Lipinski definition) is 1. The van der Waals surface area contributed by atoms with Crippen LogP contribution in [0.25, 0.3) is 11.3 Å². The molecule has 0 spiro atoms. The van der Waals surface area contributed by atoms with Crippen LogP contribution in [0.15, 0.2) is 34.9 Å². The van der Waals surface area contributed by atoms with E-state index in [0.717, 1.165) is 11.3 Å². The van der Waals surface area contributed by atoms with E-state index in [0.29, 0.717) is 5.76 Å². The maximum Gasteiger partial charge on any atom is 0.292 e. The van der Waals surface area contributed by atoms with E-state index in [9.17, 15) is 0 Å². The first-order valence-electron chi connectivity index (χ1n) is 4.66. The van der Waals surface area contributed by atoms with Gasteiger partial charge in [0, 0.05) is 25.3 Å². The molecule has 0 unspecified atom stereocenters. The molecule has 0 aliphatic carbocycles. The standard InChI is InChI=1S/C11H13N3O/c1-14(2)9-5-3-8(4-6-9)10-7-13-11(12)15-10/h3-7H,1-2H3,(H2,12,13). The molecule has 4 nitrogen and oxygen atoms in total. The van der Waals surface area contributed by atoms with Crippen LogP contribution in [0.1, 0.15) is 0 Å². The van der Waals surface area contributed by atoms with E-state index in [1.165, 1.54) is 0 Å². The van der Waals surface area contributed by atoms with Gasteiger partial charge in [-0.3, -0.25) is 0 Å². The van der Waals surface area contributed by atoms with Crippen molar-refractivity contribution in [3.05, 3.63) is 30.5 Å². The van der Waals surface area contributed by atoms with Crippen molar-refractivity contribution >= 4 is 11.7 Å². The van der Waals surface area contributed by atoms with Crippen molar-refractivity contribution in [3.63, 3.8) is 0 Å². The first-order chi connectivity index (χ1) is 7.16. The third kappa shape index (κ3) is 1.93. The Labute approximate surface area is 88.3 Å². The molecule has 15 heavy (non-hydrogen) atoms. The summed E-state index contributed by atoms with van der Waals surface area (Å²) in [6, 6.07) is 8.20. The molecule has 0 amide bonds. The number of nitrogens with zero attached hydrogens (tertiary/aromatic N) is 2. The summed E-state index contributed by atoms with van der Waals surface area (Å²) in [7, 11) is 4.00. The summed E-state index contributed by atoms with van der Waals surface area (Å²) < 4.78 is 5.22. The highest BCUT2D eigenvalue weighted by molar-refractivity contribution is 5.61. The van der Waals surface area contributed by atoms with Crippen molar-refractivity contribution in [1.82, 2.24) is 4.98 Å². The number of benzene rings is 1. The van der Waals surface area contributed by atoms with Gasteiger partial charge in [0.2, 0.25) is 0 Å². The fraction of sp³-hybridized carbons (Fsp3) is 0.182. The molecule has 0 fully saturated rings. The number of nitrogen functional groups attached to an aromatic ring is 1. The van der Waals surface area contributed by atoms with Gasteiger partial charge in [-0.2, -0.15) is 0 Å². The first kappa shape index (κ1) is 9.58. The van der Waals surface area contributed by atoms with Crippen LogP contribution < -0.4 is 10.6 Å². The van der Waals surface area contributed by atoms with Gasteiger partial charge in [-0.05, 0) is 24.3 Å². The Morgan fingerprint density at radius 2 is 1.87 bits per heavy atom. The van der Waals surface area contributed by atoms with Gasteiger partial charge in [0.1, 0.15) is 0 Å². The van der Waals surface area contributed by atoms with Crippen LogP contribution in [-0.2, 0) is 0 Å². The number of aromatic nitrogens is 1. The Hall–Kier alpha value is -1.97. The summed E-state index contributed by atoms with van der Waals surface area (Å²) in [6.45, 7) is 0. The zero-order valence-corrected chi connectivity index (χ0v) is 8.77. The van der Waals surface area contributed by atoms with E-state index in [1.807, 2.05) is 43.3 Å². The van der Waals surface area contributed by atoms with Gasteiger partial charge in [0.05, 0.1) is 6.20 Å². The highest BCUT2D eigenvalue weighted by atomic mass is 16.4. The molecular weight excluding hydrogens is 190 g/mol. The second-order valence-electron chi connectivity index (χ2n) is 3.50. The van der Waals surface area contributed by atoms with Crippen molar-refractivity contribution < 1.29 is 4.42 Å². The fourth-order valence-corrected chi connectivity index (χ4v) is 1.34. The van der Waals surface area contributed by atoms with Gasteiger partial charge in [-0.25, -0.2) is 4.98 Å². The minimum absolute atomic E-state index is 0.196. The lowest BCUT2D eigenvalue weighted by Crippen LogP contribution is -2.07. The molecule has 1 heterocycles. The Morgan fingerprint density at radius 3 is 2.33 bits per heavy atom. The molecule has 0 saturated carbocycles. The molecule has 0 aliphatic rings. The highest BCUT2D eigenvalue weighted by Gasteiger charge is 2.03. The largest absolute Gasteiger partial charge is 0.424 e. The minimum Gasteiger partial charge on any atom is -0.424 e. The topological polar surface area (TPSA) is 55.3 Å². The molecule has 2 aromatic rings. The van der Waals surface area contributed by atoms with Crippen molar-refractivity contribution in [2.24, 2.45) is 0 Å². The lowest BCUT2D eigenvalue weighted by Gasteiger charge is -2.11. The summed E-state index contributed by atoms with van der Waals surface area (Å²) in [4.78, 5) is 5.89. The molecular formula is C11H13N3O. The van der Waals surface area contributed by atoms with Gasteiger partial charge >= 0.3 is 0 Å². The van der Waals surface area contributed by atoms with Crippen molar-refractivity contribution in [2.45, 2.75) is 0 Å². The average molecular weight is 203 g/mol. The predicted octanol–water partition coefficient (Wildman–Crippen LogP) is 1.99. The van der Waals surface area contributed by atoms with Crippen LogP contribution >= 0.6 is 0 Å². The SMILES string of the molecule is CN(C)c1ccc(-c2cnc(N)o2)cc1. The quantitative estimate of drug-likeness (QED) is 0.811. The molecule has 2 N–H and O–H groups in total. The van der Waals surface area contributed by atoms with Crippen LogP contribution in [0, 0.1) is 0 Å². The molecule has 1 aromatic heterocycles. The van der Waals surface area contributed by atoms with Crippen LogP contribution in [-0.4, -0.2) is 19.1 Å². The van der Waals surface area contributed by atoms with Gasteiger partial charge in [0.25, 0.3) is 6.01 Å². The second-order valence-corrected chi connectivity index (χ2v) is 3.50. The van der Waals surface area contributed by atoms with Crippen LogP contribution in [0.4, 0.5) is 11.7 Å². The Balaban J connectivity index is 2.31. The molecule has 78 valence electrons. The Kier molecular flexibility index (Phi) is 2.33. The van der Waals surface area contributed by atoms with Gasteiger partial charge < -0.3 is 15.1 Å². The van der Waals surface area contributed by atoms with E-state index < -0.39 is 0 Å². The monoisotopic (exact) mass is 203 g/mol. The van der Waals surface area contributed by atoms with E-state index in [-0.39, 0.29) is 6.01 Å². The molecule has 2 rings (SSSR count). The summed E-state index contributed by atoms with van der Waals surface area (Å²) in [5, 5.41) is 0. The summed E-state index contributed by atoms with van der Waals surface area (Å²) in [5.74, 6) is 0.692. The van der Waals surface area contributed by atoms with Crippen LogP contribution in [0.3, 0.4) is 0 Å². The Bertz CT molecular complexity index is 445. The van der Waals surface area contributed by atoms with Crippen molar-refractivity contribution in [1.29, 1.82) is 0 Å². The zero-order chi connectivity index (χ0) is 10.8. The lowest BCUT2D eigenvalue weighted by atomic mass is 10.1. The Morgan fingerprint density at radius 1 is 1.20 bits per heavy atom. The third-order valence-electron chi connectivity index (χ3n) is 2.19. The first-order valence-corrected chi connectivity index (χ1v) is 4.66. The summed E-state index contributed by atoms with van der Waals surface area (Å²) in [5.41, 5.74) is 7.53. The van der Waals surface area contributed by atoms with Crippen molar-refractivity contribution in [2.75, 3.05) is 24.7 Å². The maximum atomic E-state index is 5.41. The number of nitrogens with two attached hydrogens (primary N) is 1. The number of oxazole rings is 1. The second kappa shape index (κ2) is 3.65. The third-order valence-corrected chi connectivity index (χ3v) is 2.19. The number of hydrogen-bond acceptors (Lipinski definition) is 4. The molecule has 0 saturated heterocycles. The maximum absolute atomic E-state index is 5.41. The molecule has 0 bridgehead atoms. The number of anilines is 2. The van der Waals surface area contributed by atoms with E-state index in [4.69, 9.17) is 10.2 Å². The summed E-state index contributed by atoms with van der Waals surface area (Å²) in [6.07, 6.45) is 1.62. The lowest BCUT2D eigenvalue weighted by molar-refractivity contribution is 0.595. The fourth-order valence-electron chi connectivity index (χ4n) is 1.34. The molecule has 0 atom stereocenters. The average Bonchev–Trinajstić information content (AvgIpc) is 2.65. The minimum atomic E-state index is 0.196. The molecule has 1 aromatic carbocycles. The van der Waals surface area contributed by atoms with Gasteiger partial charge in [-0.15, -0.1) is 0 Å². The molecule has 4 heteroatoms. The predicted molar refractivity (Wildman–Crippen MR) is 60.7 cm³/mol. The van der Waals surface area contributed by atoms with E-state index in [1.54, 1.807) is 6.20 Å². The van der Waals surface area contributed by atoms with Gasteiger partial charge in [-0.1, -0.05) is 0 Å². The van der Waals surface area contributed by atoms with Crippen molar-refractivity contribution in [3.8, 4) is 11.3 Å². The van der Waals surface area contributed by atoms with E-state index >= 15 is 0 Å². The smallest absolute Gasteiger partial charge is 0.292 e. The zero-order valence-electron chi connectivity index (χ0n) is 8.77. The van der Waals surface area contributed by atoms with Crippen LogP contribution in [0.2, 0.25) is 0 Å². The molecule has 0 aliphatic heterocycles.